The zero-order chi connectivity index (χ0) is 7.40. The number of aliphatic hydroxyl groups excluding tert-OH is 1. The Hall–Kier alpha value is -0.770. The Morgan fingerprint density at radius 1 is 1.60 bits per heavy atom. The Morgan fingerprint density at radius 3 is 3.00 bits per heavy atom. The molecule has 0 radical (unpaired) electrons. The molecule has 0 amide bonds. The molecule has 0 spiro atoms. The van der Waals surface area contributed by atoms with Gasteiger partial charge in [-0.05, 0) is 12.0 Å². The molecule has 0 saturated carbocycles. The average molecular weight is 142 g/mol. The van der Waals surface area contributed by atoms with Gasteiger partial charge in [0.1, 0.15) is 0 Å². The number of piperidine rings is 1. The van der Waals surface area contributed by atoms with Crippen molar-refractivity contribution >= 4 is 0 Å². The summed E-state index contributed by atoms with van der Waals surface area (Å²) in [6.45, 7) is 1.29. The SMILES string of the molecule is [N-]=[N+]=NC1CNCC(O)C1. The average Bonchev–Trinajstić information content (AvgIpc) is 1.88. The highest BCUT2D eigenvalue weighted by atomic mass is 16.3. The van der Waals surface area contributed by atoms with E-state index in [1.165, 1.54) is 0 Å². The topological polar surface area (TPSA) is 81.0 Å². The summed E-state index contributed by atoms with van der Waals surface area (Å²) < 4.78 is 0. The summed E-state index contributed by atoms with van der Waals surface area (Å²) in [6, 6.07) is -0.0752. The number of nitrogens with zero attached hydrogens (tertiary/aromatic N) is 3. The summed E-state index contributed by atoms with van der Waals surface area (Å²) in [5.74, 6) is 0. The van der Waals surface area contributed by atoms with E-state index in [0.29, 0.717) is 19.5 Å². The molecule has 0 aromatic rings. The first-order chi connectivity index (χ1) is 4.83. The normalized spacial score (nSPS) is 32.9. The molecule has 10 heavy (non-hydrogen) atoms. The molecule has 2 N–H and O–H groups in total. The minimum Gasteiger partial charge on any atom is -0.392 e. The van der Waals surface area contributed by atoms with E-state index < -0.39 is 0 Å². The lowest BCUT2D eigenvalue weighted by Crippen LogP contribution is -2.41. The standard InChI is InChI=1S/C5H10N4O/c6-9-8-4-1-5(10)3-7-2-4/h4-5,7,10H,1-3H2. The Balaban J connectivity index is 2.39. The highest BCUT2D eigenvalue weighted by Gasteiger charge is 2.17. The van der Waals surface area contributed by atoms with Gasteiger partial charge >= 0.3 is 0 Å². The van der Waals surface area contributed by atoms with Crippen LogP contribution in [0.4, 0.5) is 0 Å². The van der Waals surface area contributed by atoms with Crippen molar-refractivity contribution in [2.75, 3.05) is 13.1 Å². The van der Waals surface area contributed by atoms with Crippen LogP contribution in [0.25, 0.3) is 10.4 Å². The smallest absolute Gasteiger partial charge is 0.0669 e. The lowest BCUT2D eigenvalue weighted by molar-refractivity contribution is 0.133. The van der Waals surface area contributed by atoms with E-state index in [-0.39, 0.29) is 12.1 Å². The van der Waals surface area contributed by atoms with E-state index in [1.807, 2.05) is 0 Å². The van der Waals surface area contributed by atoms with Gasteiger partial charge in [0.15, 0.2) is 0 Å². The van der Waals surface area contributed by atoms with Gasteiger partial charge in [-0.3, -0.25) is 0 Å². The molecule has 5 heteroatoms. The molecule has 1 rings (SSSR count). The van der Waals surface area contributed by atoms with E-state index in [1.54, 1.807) is 0 Å². The number of rotatable bonds is 1. The molecule has 0 aromatic heterocycles. The summed E-state index contributed by atoms with van der Waals surface area (Å²) in [6.07, 6.45) is 0.223. The first kappa shape index (κ1) is 7.34. The maximum atomic E-state index is 9.06. The van der Waals surface area contributed by atoms with Crippen LogP contribution < -0.4 is 5.32 Å². The fourth-order valence-corrected chi connectivity index (χ4v) is 1.06. The van der Waals surface area contributed by atoms with Gasteiger partial charge in [0.2, 0.25) is 0 Å². The number of hydrogen-bond donors (Lipinski definition) is 2. The fraction of sp³-hybridized carbons (Fsp3) is 1.00. The maximum Gasteiger partial charge on any atom is 0.0669 e. The van der Waals surface area contributed by atoms with Crippen molar-refractivity contribution in [3.8, 4) is 0 Å². The molecule has 2 unspecified atom stereocenters. The highest BCUT2D eigenvalue weighted by Crippen LogP contribution is 2.05. The van der Waals surface area contributed by atoms with Crippen molar-refractivity contribution in [1.82, 2.24) is 5.32 Å². The van der Waals surface area contributed by atoms with Crippen LogP contribution in [0, 0.1) is 0 Å². The summed E-state index contributed by atoms with van der Waals surface area (Å²) in [5.41, 5.74) is 8.05. The second-order valence-corrected chi connectivity index (χ2v) is 2.41. The predicted octanol–water partition coefficient (Wildman–Crippen LogP) is 0.0195. The van der Waals surface area contributed by atoms with E-state index in [9.17, 15) is 0 Å². The van der Waals surface area contributed by atoms with Crippen LogP contribution in [-0.4, -0.2) is 30.3 Å². The molecule has 1 aliphatic rings. The second kappa shape index (κ2) is 3.41. The number of β-amino-alcohol motifs (C(OH)–C–C–N with tert-alkyl or cyclic N) is 1. The summed E-state index contributed by atoms with van der Waals surface area (Å²) >= 11 is 0. The van der Waals surface area contributed by atoms with E-state index >= 15 is 0 Å². The Morgan fingerprint density at radius 2 is 2.40 bits per heavy atom. The van der Waals surface area contributed by atoms with Gasteiger partial charge in [0, 0.05) is 18.0 Å². The quantitative estimate of drug-likeness (QED) is 0.307. The van der Waals surface area contributed by atoms with Gasteiger partial charge in [-0.15, -0.1) is 0 Å². The van der Waals surface area contributed by atoms with Crippen molar-refractivity contribution < 1.29 is 5.11 Å². The zero-order valence-corrected chi connectivity index (χ0v) is 5.56. The van der Waals surface area contributed by atoms with Gasteiger partial charge < -0.3 is 10.4 Å². The number of aliphatic hydroxyl groups is 1. The van der Waals surface area contributed by atoms with Crippen molar-refractivity contribution in [3.63, 3.8) is 0 Å². The first-order valence-corrected chi connectivity index (χ1v) is 3.26. The van der Waals surface area contributed by atoms with Crippen LogP contribution in [-0.2, 0) is 0 Å². The minimum atomic E-state index is -0.357. The number of hydrogen-bond acceptors (Lipinski definition) is 3. The van der Waals surface area contributed by atoms with Crippen LogP contribution in [0.3, 0.4) is 0 Å². The summed E-state index contributed by atoms with van der Waals surface area (Å²) in [4.78, 5) is 2.67. The van der Waals surface area contributed by atoms with Crippen molar-refractivity contribution in [1.29, 1.82) is 0 Å². The number of azide groups is 1. The van der Waals surface area contributed by atoms with Gasteiger partial charge in [-0.25, -0.2) is 0 Å². The van der Waals surface area contributed by atoms with Crippen LogP contribution >= 0.6 is 0 Å². The Labute approximate surface area is 58.7 Å². The monoisotopic (exact) mass is 142 g/mol. The molecule has 1 heterocycles. The molecular weight excluding hydrogens is 132 g/mol. The van der Waals surface area contributed by atoms with Crippen molar-refractivity contribution in [2.24, 2.45) is 5.11 Å². The molecule has 1 fully saturated rings. The van der Waals surface area contributed by atoms with Crippen LogP contribution in [0.1, 0.15) is 6.42 Å². The molecule has 0 aliphatic carbocycles. The lowest BCUT2D eigenvalue weighted by atomic mass is 10.1. The summed E-state index contributed by atoms with van der Waals surface area (Å²) in [5, 5.41) is 15.5. The molecule has 0 aromatic carbocycles. The van der Waals surface area contributed by atoms with Crippen LogP contribution in [0.2, 0.25) is 0 Å². The Bertz CT molecular complexity index is 154. The summed E-state index contributed by atoms with van der Waals surface area (Å²) in [7, 11) is 0. The fourth-order valence-electron chi connectivity index (χ4n) is 1.06. The third-order valence-electron chi connectivity index (χ3n) is 1.52. The zero-order valence-electron chi connectivity index (χ0n) is 5.56. The van der Waals surface area contributed by atoms with Gasteiger partial charge in [-0.2, -0.15) is 0 Å². The molecule has 1 aliphatic heterocycles. The van der Waals surface area contributed by atoms with Gasteiger partial charge in [-0.1, -0.05) is 5.11 Å². The largest absolute Gasteiger partial charge is 0.392 e. The van der Waals surface area contributed by atoms with Gasteiger partial charge in [0.25, 0.3) is 0 Å². The maximum absolute atomic E-state index is 9.06. The van der Waals surface area contributed by atoms with E-state index in [0.717, 1.165) is 0 Å². The first-order valence-electron chi connectivity index (χ1n) is 3.26. The second-order valence-electron chi connectivity index (χ2n) is 2.41. The molecular formula is C5H10N4O. The molecule has 5 nitrogen and oxygen atoms in total. The van der Waals surface area contributed by atoms with Gasteiger partial charge in [0.05, 0.1) is 12.1 Å². The predicted molar refractivity (Wildman–Crippen MR) is 36.4 cm³/mol. The molecule has 56 valence electrons. The van der Waals surface area contributed by atoms with E-state index in [4.69, 9.17) is 10.6 Å². The third kappa shape index (κ3) is 1.88. The lowest BCUT2D eigenvalue weighted by Gasteiger charge is -2.22. The molecule has 0 bridgehead atoms. The van der Waals surface area contributed by atoms with Crippen LogP contribution in [0.5, 0.6) is 0 Å². The van der Waals surface area contributed by atoms with Crippen LogP contribution in [0.15, 0.2) is 5.11 Å². The van der Waals surface area contributed by atoms with Crippen molar-refractivity contribution in [2.45, 2.75) is 18.6 Å². The Kier molecular flexibility index (Phi) is 2.50. The van der Waals surface area contributed by atoms with Crippen molar-refractivity contribution in [3.05, 3.63) is 10.4 Å². The number of nitrogens with one attached hydrogen (secondary N) is 1. The third-order valence-corrected chi connectivity index (χ3v) is 1.52. The molecule has 2 atom stereocenters. The van der Waals surface area contributed by atoms with E-state index in [2.05, 4.69) is 15.3 Å². The molecule has 1 saturated heterocycles. The minimum absolute atomic E-state index is 0.0752. The highest BCUT2D eigenvalue weighted by molar-refractivity contribution is 4.80.